The molecule has 61 valence electrons. The predicted molar refractivity (Wildman–Crippen MR) is 51.4 cm³/mol. The van der Waals surface area contributed by atoms with E-state index < -0.39 is 5.41 Å². The maximum absolute atomic E-state index is 7.09. The van der Waals surface area contributed by atoms with Gasteiger partial charge in [-0.05, 0) is 19.8 Å². The Labute approximate surface area is 75.8 Å². The Bertz CT molecular complexity index is 261. The summed E-state index contributed by atoms with van der Waals surface area (Å²) in [5.74, 6) is 10.9. The van der Waals surface area contributed by atoms with Crippen molar-refractivity contribution < 1.29 is 0 Å². The first kappa shape index (κ1) is 10.7. The summed E-state index contributed by atoms with van der Waals surface area (Å²) in [5.41, 5.74) is -0.442. The fourth-order valence-electron chi connectivity index (χ4n) is 0.762. The maximum Gasteiger partial charge on any atom is 0.0909 e. The third-order valence-electron chi connectivity index (χ3n) is 1.59. The lowest BCUT2D eigenvalue weighted by molar-refractivity contribution is 0.553. The minimum absolute atomic E-state index is 0.442. The van der Waals surface area contributed by atoms with Crippen molar-refractivity contribution in [3.63, 3.8) is 0 Å². The van der Waals surface area contributed by atoms with Crippen LogP contribution in [0.15, 0.2) is 0 Å². The lowest BCUT2D eigenvalue weighted by Crippen LogP contribution is -2.09. The maximum atomic E-state index is 7.09. The van der Waals surface area contributed by atoms with E-state index in [0.29, 0.717) is 6.42 Å². The second kappa shape index (κ2) is 5.35. The second-order valence-corrected chi connectivity index (χ2v) is 2.82. The minimum atomic E-state index is -0.442. The first-order valence-electron chi connectivity index (χ1n) is 4.06. The Morgan fingerprint density at radius 1 is 1.50 bits per heavy atom. The molecule has 1 radical (unpaired) electrons. The van der Waals surface area contributed by atoms with Gasteiger partial charge in [0.05, 0.1) is 5.41 Å². The number of terminal acetylenes is 1. The molecule has 0 aliphatic heterocycles. The molecule has 0 spiro atoms. The van der Waals surface area contributed by atoms with Gasteiger partial charge < -0.3 is 0 Å². The Hall–Kier alpha value is -1.32. The van der Waals surface area contributed by atoms with E-state index in [9.17, 15) is 0 Å². The van der Waals surface area contributed by atoms with E-state index >= 15 is 0 Å². The van der Waals surface area contributed by atoms with E-state index in [1.165, 1.54) is 0 Å². The van der Waals surface area contributed by atoms with Crippen molar-refractivity contribution >= 4 is 0 Å². The van der Waals surface area contributed by atoms with Crippen LogP contribution in [0.25, 0.3) is 0 Å². The summed E-state index contributed by atoms with van der Waals surface area (Å²) in [7, 11) is 0. The first-order chi connectivity index (χ1) is 5.68. The van der Waals surface area contributed by atoms with E-state index in [0.717, 1.165) is 12.8 Å². The number of rotatable bonds is 2. The van der Waals surface area contributed by atoms with E-state index in [4.69, 9.17) is 12.8 Å². The molecule has 0 aromatic rings. The molecule has 0 N–H and O–H groups in total. The first-order valence-corrected chi connectivity index (χ1v) is 4.06. The molecule has 12 heavy (non-hydrogen) atoms. The van der Waals surface area contributed by atoms with Gasteiger partial charge in [0, 0.05) is 12.8 Å². The van der Waals surface area contributed by atoms with Crippen molar-refractivity contribution in [2.75, 3.05) is 0 Å². The molecule has 0 nitrogen and oxygen atoms in total. The molecule has 1 unspecified atom stereocenters. The van der Waals surface area contributed by atoms with Gasteiger partial charge in [0.2, 0.25) is 0 Å². The van der Waals surface area contributed by atoms with Crippen LogP contribution in [0.3, 0.4) is 0 Å². The highest BCUT2D eigenvalue weighted by Crippen LogP contribution is 2.20. The summed E-state index contributed by atoms with van der Waals surface area (Å²) < 4.78 is 0. The van der Waals surface area contributed by atoms with Crippen LogP contribution in [-0.2, 0) is 0 Å². The molecule has 0 aliphatic carbocycles. The molecule has 0 rings (SSSR count). The molecule has 0 aromatic carbocycles. The lowest BCUT2D eigenvalue weighted by atomic mass is 9.87. The summed E-state index contributed by atoms with van der Waals surface area (Å²) >= 11 is 0. The average molecular weight is 157 g/mol. The molecular weight excluding hydrogens is 144 g/mol. The Morgan fingerprint density at radius 2 is 2.17 bits per heavy atom. The molecule has 0 aromatic heterocycles. The van der Waals surface area contributed by atoms with Crippen LogP contribution in [0.2, 0.25) is 0 Å². The molecule has 0 amide bonds. The summed E-state index contributed by atoms with van der Waals surface area (Å²) in [4.78, 5) is 0. The summed E-state index contributed by atoms with van der Waals surface area (Å²) in [5, 5.41) is 0. The average Bonchev–Trinajstić information content (AvgIpc) is 2.11. The van der Waals surface area contributed by atoms with Crippen molar-refractivity contribution in [2.45, 2.75) is 33.1 Å². The van der Waals surface area contributed by atoms with Crippen LogP contribution >= 0.6 is 0 Å². The van der Waals surface area contributed by atoms with Crippen LogP contribution in [-0.4, -0.2) is 0 Å². The molecule has 1 atom stereocenters. The third kappa shape index (κ3) is 3.75. The van der Waals surface area contributed by atoms with Crippen molar-refractivity contribution in [1.82, 2.24) is 0 Å². The molecule has 0 heteroatoms. The predicted octanol–water partition coefficient (Wildman–Crippen LogP) is 2.41. The summed E-state index contributed by atoms with van der Waals surface area (Å²) in [6, 6.07) is 0. The molecular formula is C12H13. The number of hydrogen-bond donors (Lipinski definition) is 0. The van der Waals surface area contributed by atoms with Crippen LogP contribution < -0.4 is 0 Å². The molecule has 0 saturated carbocycles. The summed E-state index contributed by atoms with van der Waals surface area (Å²) in [6.45, 7) is 3.87. The minimum Gasteiger partial charge on any atom is -0.120 e. The fraction of sp³-hybridized carbons (Fsp3) is 0.500. The zero-order chi connectivity index (χ0) is 9.45. The molecule has 0 saturated heterocycles. The van der Waals surface area contributed by atoms with Crippen molar-refractivity contribution in [3.05, 3.63) is 6.42 Å². The standard InChI is InChI=1S/C12H13/c1-5-8-10-12(4,7-3)11-9-6-2/h1H,6,8,10H2,2,4H3. The van der Waals surface area contributed by atoms with Crippen LogP contribution in [0.4, 0.5) is 0 Å². The largest absolute Gasteiger partial charge is 0.120 e. The quantitative estimate of drug-likeness (QED) is 0.540. The van der Waals surface area contributed by atoms with Crippen molar-refractivity contribution in [2.24, 2.45) is 5.41 Å². The van der Waals surface area contributed by atoms with E-state index in [2.05, 4.69) is 23.7 Å². The SMILES string of the molecule is [C]#CC(C)(C#CCC)CCC#C. The second-order valence-electron chi connectivity index (χ2n) is 2.82. The van der Waals surface area contributed by atoms with Gasteiger partial charge in [-0.3, -0.25) is 0 Å². The third-order valence-corrected chi connectivity index (χ3v) is 1.59. The highest BCUT2D eigenvalue weighted by atomic mass is 14.2. The smallest absolute Gasteiger partial charge is 0.0909 e. The van der Waals surface area contributed by atoms with Crippen molar-refractivity contribution in [3.8, 4) is 30.1 Å². The molecule has 0 bridgehead atoms. The molecule has 0 fully saturated rings. The highest BCUT2D eigenvalue weighted by Gasteiger charge is 2.16. The van der Waals surface area contributed by atoms with Gasteiger partial charge in [-0.15, -0.1) is 18.3 Å². The highest BCUT2D eigenvalue weighted by molar-refractivity contribution is 5.21. The van der Waals surface area contributed by atoms with Gasteiger partial charge >= 0.3 is 0 Å². The Morgan fingerprint density at radius 3 is 2.58 bits per heavy atom. The zero-order valence-electron chi connectivity index (χ0n) is 7.70. The van der Waals surface area contributed by atoms with E-state index in [-0.39, 0.29) is 0 Å². The van der Waals surface area contributed by atoms with Gasteiger partial charge in [-0.25, -0.2) is 0 Å². The van der Waals surface area contributed by atoms with Crippen molar-refractivity contribution in [1.29, 1.82) is 0 Å². The van der Waals surface area contributed by atoms with Crippen LogP contribution in [0.1, 0.15) is 33.1 Å². The number of hydrogen-bond acceptors (Lipinski definition) is 0. The monoisotopic (exact) mass is 157 g/mol. The van der Waals surface area contributed by atoms with Crippen LogP contribution in [0, 0.1) is 41.9 Å². The van der Waals surface area contributed by atoms with E-state index in [1.807, 2.05) is 13.8 Å². The Balaban J connectivity index is 4.29. The molecule has 0 aliphatic rings. The van der Waals surface area contributed by atoms with Gasteiger partial charge in [0.1, 0.15) is 0 Å². The fourth-order valence-corrected chi connectivity index (χ4v) is 0.762. The summed E-state index contributed by atoms with van der Waals surface area (Å²) in [6.07, 6.45) is 14.4. The van der Waals surface area contributed by atoms with E-state index in [1.54, 1.807) is 0 Å². The zero-order valence-corrected chi connectivity index (χ0v) is 7.70. The van der Waals surface area contributed by atoms with Crippen LogP contribution in [0.5, 0.6) is 0 Å². The van der Waals surface area contributed by atoms with Gasteiger partial charge in [0.25, 0.3) is 0 Å². The Kier molecular flexibility index (Phi) is 4.76. The van der Waals surface area contributed by atoms with Gasteiger partial charge in [-0.1, -0.05) is 18.8 Å². The van der Waals surface area contributed by atoms with Gasteiger partial charge in [0.15, 0.2) is 0 Å². The lowest BCUT2D eigenvalue weighted by Gasteiger charge is -2.13. The van der Waals surface area contributed by atoms with Gasteiger partial charge in [-0.2, -0.15) is 0 Å². The topological polar surface area (TPSA) is 0 Å². The molecule has 0 heterocycles. The normalized spacial score (nSPS) is 13.0.